The fourth-order valence-corrected chi connectivity index (χ4v) is 2.50. The van der Waals surface area contributed by atoms with Crippen LogP contribution in [-0.4, -0.2) is 17.0 Å². The van der Waals surface area contributed by atoms with Gasteiger partial charge < -0.3 is 15.7 Å². The maximum Gasteiger partial charge on any atom is 0.303 e. The third-order valence-corrected chi connectivity index (χ3v) is 3.33. The number of benzene rings is 1. The lowest BCUT2D eigenvalue weighted by atomic mass is 9.98. The van der Waals surface area contributed by atoms with E-state index in [0.717, 1.165) is 35.1 Å². The number of ether oxygens (including phenoxy) is 1. The third-order valence-electron chi connectivity index (χ3n) is 3.33. The van der Waals surface area contributed by atoms with Crippen molar-refractivity contribution in [1.29, 1.82) is 0 Å². The Balaban J connectivity index is 2.41. The number of fused-ring (bicyclic) bond motifs is 1. The van der Waals surface area contributed by atoms with Gasteiger partial charge >= 0.3 is 5.97 Å². The van der Waals surface area contributed by atoms with E-state index in [2.05, 4.69) is 5.16 Å². The number of nitrogens with zero attached hydrogens (tertiary/aromatic N) is 1. The number of esters is 1. The predicted molar refractivity (Wildman–Crippen MR) is 66.5 cm³/mol. The second kappa shape index (κ2) is 4.68. The molecule has 0 amide bonds. The fourth-order valence-electron chi connectivity index (χ4n) is 2.50. The van der Waals surface area contributed by atoms with Crippen molar-refractivity contribution in [2.24, 2.45) is 10.9 Å². The largest absolute Gasteiger partial charge is 0.458 e. The topological polar surface area (TPSA) is 84.9 Å². The third kappa shape index (κ3) is 2.03. The molecular weight excluding hydrogens is 232 g/mol. The van der Waals surface area contributed by atoms with Crippen molar-refractivity contribution in [2.75, 3.05) is 0 Å². The van der Waals surface area contributed by atoms with E-state index in [1.807, 2.05) is 13.0 Å². The summed E-state index contributed by atoms with van der Waals surface area (Å²) >= 11 is 0. The molecule has 0 aromatic heterocycles. The van der Waals surface area contributed by atoms with E-state index in [-0.39, 0.29) is 17.9 Å². The Labute approximate surface area is 105 Å². The first kappa shape index (κ1) is 12.4. The zero-order valence-corrected chi connectivity index (χ0v) is 10.4. The molecule has 0 saturated carbocycles. The van der Waals surface area contributed by atoms with Gasteiger partial charge in [-0.15, -0.1) is 0 Å². The lowest BCUT2D eigenvalue weighted by Gasteiger charge is -2.14. The Morgan fingerprint density at radius 1 is 1.56 bits per heavy atom. The van der Waals surface area contributed by atoms with Gasteiger partial charge in [-0.05, 0) is 36.5 Å². The van der Waals surface area contributed by atoms with Gasteiger partial charge in [0.1, 0.15) is 6.10 Å². The van der Waals surface area contributed by atoms with E-state index in [1.165, 1.54) is 6.92 Å². The summed E-state index contributed by atoms with van der Waals surface area (Å²) in [6.07, 6.45) is 1.46. The Bertz CT molecular complexity index is 523. The highest BCUT2D eigenvalue weighted by atomic mass is 16.5. The molecule has 5 heteroatoms. The Morgan fingerprint density at radius 2 is 2.28 bits per heavy atom. The first-order valence-electron chi connectivity index (χ1n) is 5.82. The van der Waals surface area contributed by atoms with E-state index >= 15 is 0 Å². The van der Waals surface area contributed by atoms with Crippen LogP contribution in [0.15, 0.2) is 17.3 Å². The summed E-state index contributed by atoms with van der Waals surface area (Å²) in [5, 5.41) is 11.7. The predicted octanol–water partition coefficient (Wildman–Crippen LogP) is 1.64. The molecule has 5 nitrogen and oxygen atoms in total. The molecule has 0 heterocycles. The van der Waals surface area contributed by atoms with E-state index in [9.17, 15) is 4.79 Å². The van der Waals surface area contributed by atoms with Gasteiger partial charge in [-0.2, -0.15) is 0 Å². The minimum atomic E-state index is -0.272. The van der Waals surface area contributed by atoms with Crippen molar-refractivity contribution in [3.8, 4) is 0 Å². The zero-order valence-electron chi connectivity index (χ0n) is 10.4. The molecule has 1 aromatic rings. The molecule has 0 aliphatic heterocycles. The van der Waals surface area contributed by atoms with Crippen LogP contribution in [0.3, 0.4) is 0 Å². The summed E-state index contributed by atoms with van der Waals surface area (Å²) in [5.41, 5.74) is 9.48. The van der Waals surface area contributed by atoms with Crippen molar-refractivity contribution in [3.05, 3.63) is 34.4 Å². The molecule has 96 valence electrons. The van der Waals surface area contributed by atoms with Gasteiger partial charge in [0.05, 0.1) is 0 Å². The summed E-state index contributed by atoms with van der Waals surface area (Å²) in [5.74, 6) is -0.169. The number of nitrogens with two attached hydrogens (primary N) is 1. The van der Waals surface area contributed by atoms with Crippen LogP contribution in [0, 0.1) is 6.92 Å². The van der Waals surface area contributed by atoms with Crippen LogP contribution in [0.4, 0.5) is 0 Å². The molecule has 0 fully saturated rings. The molecule has 0 spiro atoms. The number of carbonyl (C=O) groups excluding carboxylic acids is 1. The molecule has 0 radical (unpaired) electrons. The number of carbonyl (C=O) groups is 1. The summed E-state index contributed by atoms with van der Waals surface area (Å²) < 4.78 is 5.27. The monoisotopic (exact) mass is 248 g/mol. The maximum atomic E-state index is 11.0. The van der Waals surface area contributed by atoms with E-state index in [0.29, 0.717) is 0 Å². The van der Waals surface area contributed by atoms with Gasteiger partial charge in [0.15, 0.2) is 5.84 Å². The molecule has 1 aliphatic carbocycles. The summed E-state index contributed by atoms with van der Waals surface area (Å²) in [6, 6.07) is 3.68. The number of amidine groups is 1. The lowest BCUT2D eigenvalue weighted by molar-refractivity contribution is -0.146. The Morgan fingerprint density at radius 3 is 2.89 bits per heavy atom. The second-order valence-electron chi connectivity index (χ2n) is 4.43. The van der Waals surface area contributed by atoms with Crippen LogP contribution >= 0.6 is 0 Å². The molecule has 2 rings (SSSR count). The average Bonchev–Trinajstić information content (AvgIpc) is 2.72. The maximum absolute atomic E-state index is 11.0. The molecule has 18 heavy (non-hydrogen) atoms. The molecule has 1 atom stereocenters. The molecule has 0 bridgehead atoms. The molecule has 3 N–H and O–H groups in total. The van der Waals surface area contributed by atoms with Crippen LogP contribution in [0.1, 0.15) is 41.7 Å². The zero-order chi connectivity index (χ0) is 13.3. The van der Waals surface area contributed by atoms with Gasteiger partial charge in [-0.1, -0.05) is 17.3 Å². The quantitative estimate of drug-likeness (QED) is 0.274. The van der Waals surface area contributed by atoms with Crippen molar-refractivity contribution in [3.63, 3.8) is 0 Å². The average molecular weight is 248 g/mol. The van der Waals surface area contributed by atoms with Crippen molar-refractivity contribution in [1.82, 2.24) is 0 Å². The van der Waals surface area contributed by atoms with Crippen molar-refractivity contribution in [2.45, 2.75) is 32.8 Å². The Kier molecular flexibility index (Phi) is 3.23. The van der Waals surface area contributed by atoms with E-state index < -0.39 is 0 Å². The van der Waals surface area contributed by atoms with Crippen molar-refractivity contribution >= 4 is 11.8 Å². The molecule has 1 unspecified atom stereocenters. The minimum absolute atomic E-state index is 0.103. The number of hydrogen-bond donors (Lipinski definition) is 2. The highest BCUT2D eigenvalue weighted by Crippen LogP contribution is 2.36. The highest BCUT2D eigenvalue weighted by molar-refractivity contribution is 5.98. The second-order valence-corrected chi connectivity index (χ2v) is 4.43. The van der Waals surface area contributed by atoms with Gasteiger partial charge in [-0.3, -0.25) is 4.79 Å². The SMILES string of the molecule is CC(=O)OC1CCc2c1ccc(C(N)=NO)c2C. The van der Waals surface area contributed by atoms with Crippen LogP contribution in [0.2, 0.25) is 0 Å². The summed E-state index contributed by atoms with van der Waals surface area (Å²) in [7, 11) is 0. The first-order valence-corrected chi connectivity index (χ1v) is 5.82. The number of oxime groups is 1. The standard InChI is InChI=1S/C13H16N2O3/c1-7-9-5-6-12(18-8(2)16)11(9)4-3-10(7)13(14)15-17/h3-4,12,17H,5-6H2,1-2H3,(H2,14,15). The smallest absolute Gasteiger partial charge is 0.303 e. The van der Waals surface area contributed by atoms with Crippen LogP contribution < -0.4 is 5.73 Å². The lowest BCUT2D eigenvalue weighted by Crippen LogP contribution is -2.15. The fraction of sp³-hybridized carbons (Fsp3) is 0.385. The summed E-state index contributed by atoms with van der Waals surface area (Å²) in [4.78, 5) is 11.0. The number of hydrogen-bond acceptors (Lipinski definition) is 4. The van der Waals surface area contributed by atoms with E-state index in [4.69, 9.17) is 15.7 Å². The van der Waals surface area contributed by atoms with E-state index in [1.54, 1.807) is 6.07 Å². The van der Waals surface area contributed by atoms with Gasteiger partial charge in [0.25, 0.3) is 0 Å². The minimum Gasteiger partial charge on any atom is -0.458 e. The first-order chi connectivity index (χ1) is 8.54. The highest BCUT2D eigenvalue weighted by Gasteiger charge is 2.27. The van der Waals surface area contributed by atoms with Crippen molar-refractivity contribution < 1.29 is 14.7 Å². The van der Waals surface area contributed by atoms with Crippen LogP contribution in [0.5, 0.6) is 0 Å². The Hall–Kier alpha value is -2.04. The van der Waals surface area contributed by atoms with Crippen LogP contribution in [-0.2, 0) is 16.0 Å². The molecule has 0 saturated heterocycles. The molecule has 1 aromatic carbocycles. The van der Waals surface area contributed by atoms with Gasteiger partial charge in [-0.25, -0.2) is 0 Å². The summed E-state index contributed by atoms with van der Waals surface area (Å²) in [6.45, 7) is 3.35. The normalized spacial score (nSPS) is 18.6. The van der Waals surface area contributed by atoms with Gasteiger partial charge in [0.2, 0.25) is 0 Å². The van der Waals surface area contributed by atoms with Gasteiger partial charge in [0, 0.05) is 12.5 Å². The molecule has 1 aliphatic rings. The van der Waals surface area contributed by atoms with Crippen LogP contribution in [0.25, 0.3) is 0 Å². The number of rotatable bonds is 2. The molecular formula is C13H16N2O3.